The Morgan fingerprint density at radius 1 is 1.11 bits per heavy atom. The monoisotopic (exact) mass is 253 g/mol. The molecule has 0 unspecified atom stereocenters. The smallest absolute Gasteiger partial charge is 0.162 e. The molecule has 19 heavy (non-hydrogen) atoms. The summed E-state index contributed by atoms with van der Waals surface area (Å²) in [6, 6.07) is 12.7. The second-order valence-electron chi connectivity index (χ2n) is 4.56. The summed E-state index contributed by atoms with van der Waals surface area (Å²) < 4.78 is 2.03. The van der Waals surface area contributed by atoms with Crippen molar-refractivity contribution >= 4 is 6.72 Å². The number of hydrogen-bond donors (Lipinski definition) is 0. The van der Waals surface area contributed by atoms with E-state index in [1.54, 1.807) is 0 Å². The second-order valence-corrected chi connectivity index (χ2v) is 4.56. The van der Waals surface area contributed by atoms with Gasteiger partial charge in [-0.1, -0.05) is 31.2 Å². The van der Waals surface area contributed by atoms with E-state index in [9.17, 15) is 0 Å². The van der Waals surface area contributed by atoms with Gasteiger partial charge in [0, 0.05) is 25.0 Å². The third-order valence-electron chi connectivity index (χ3n) is 3.42. The quantitative estimate of drug-likeness (QED) is 0.594. The lowest BCUT2D eigenvalue weighted by Gasteiger charge is -2.10. The zero-order valence-corrected chi connectivity index (χ0v) is 11.7. The maximum atomic E-state index is 4.16. The van der Waals surface area contributed by atoms with Gasteiger partial charge in [-0.05, 0) is 36.6 Å². The molecule has 2 aromatic rings. The summed E-state index contributed by atoms with van der Waals surface area (Å²) in [5.41, 5.74) is 5.52. The largest absolute Gasteiger partial charge is 0.332 e. The first-order valence-corrected chi connectivity index (χ1v) is 6.43. The van der Waals surface area contributed by atoms with Crippen molar-refractivity contribution in [2.45, 2.75) is 20.3 Å². The number of benzene rings is 1. The van der Waals surface area contributed by atoms with Crippen molar-refractivity contribution in [2.24, 2.45) is 17.3 Å². The van der Waals surface area contributed by atoms with Crippen molar-refractivity contribution in [3.63, 3.8) is 0 Å². The molecule has 3 heteroatoms. The van der Waals surface area contributed by atoms with Gasteiger partial charge in [0.2, 0.25) is 0 Å². The van der Waals surface area contributed by atoms with E-state index in [2.05, 4.69) is 60.2 Å². The van der Waals surface area contributed by atoms with Gasteiger partial charge < -0.3 is 4.57 Å². The first-order valence-electron chi connectivity index (χ1n) is 6.43. The lowest BCUT2D eigenvalue weighted by atomic mass is 10.0. The van der Waals surface area contributed by atoms with Gasteiger partial charge >= 0.3 is 0 Å². The molecule has 0 spiro atoms. The maximum Gasteiger partial charge on any atom is 0.162 e. The van der Waals surface area contributed by atoms with Crippen molar-refractivity contribution in [3.05, 3.63) is 53.1 Å². The van der Waals surface area contributed by atoms with Gasteiger partial charge in [0.25, 0.3) is 0 Å². The van der Waals surface area contributed by atoms with Gasteiger partial charge in [0.1, 0.15) is 0 Å². The SMILES string of the molecule is C=N/N=c1/c(-c2ccc(CC)cc2)ccc(C)n1C. The molecule has 2 rings (SSSR count). The highest BCUT2D eigenvalue weighted by Crippen LogP contribution is 2.17. The van der Waals surface area contributed by atoms with Crippen LogP contribution < -0.4 is 5.49 Å². The zero-order valence-electron chi connectivity index (χ0n) is 11.7. The first-order chi connectivity index (χ1) is 9.17. The van der Waals surface area contributed by atoms with E-state index in [1.165, 1.54) is 5.56 Å². The van der Waals surface area contributed by atoms with Gasteiger partial charge in [0.05, 0.1) is 0 Å². The number of aryl methyl sites for hydroxylation is 2. The zero-order chi connectivity index (χ0) is 13.8. The molecule has 0 saturated carbocycles. The molecule has 0 atom stereocenters. The predicted molar refractivity (Wildman–Crippen MR) is 80.1 cm³/mol. The molecule has 0 aliphatic rings. The Morgan fingerprint density at radius 3 is 2.37 bits per heavy atom. The molecule has 1 heterocycles. The van der Waals surface area contributed by atoms with Gasteiger partial charge in [0.15, 0.2) is 5.49 Å². The van der Waals surface area contributed by atoms with Crippen molar-refractivity contribution in [1.29, 1.82) is 0 Å². The minimum atomic E-state index is 0.833. The Hall–Kier alpha value is -2.16. The molecule has 1 aromatic heterocycles. The number of aromatic nitrogens is 1. The van der Waals surface area contributed by atoms with Gasteiger partial charge in [-0.25, -0.2) is 0 Å². The third-order valence-corrected chi connectivity index (χ3v) is 3.42. The molecule has 3 nitrogen and oxygen atoms in total. The Balaban J connectivity index is 2.64. The highest BCUT2D eigenvalue weighted by atomic mass is 15.2. The fourth-order valence-electron chi connectivity index (χ4n) is 2.07. The maximum absolute atomic E-state index is 4.16. The van der Waals surface area contributed by atoms with E-state index in [4.69, 9.17) is 0 Å². The van der Waals surface area contributed by atoms with E-state index < -0.39 is 0 Å². The van der Waals surface area contributed by atoms with Crippen LogP contribution in [0.2, 0.25) is 0 Å². The number of hydrogen-bond acceptors (Lipinski definition) is 2. The highest BCUT2D eigenvalue weighted by Gasteiger charge is 2.04. The average Bonchev–Trinajstić information content (AvgIpc) is 2.44. The van der Waals surface area contributed by atoms with Gasteiger partial charge in [-0.3, -0.25) is 0 Å². The normalized spacial score (nSPS) is 11.6. The Kier molecular flexibility index (Phi) is 3.95. The summed E-state index contributed by atoms with van der Waals surface area (Å²) in [6.07, 6.45) is 1.05. The van der Waals surface area contributed by atoms with Crippen LogP contribution in [0.1, 0.15) is 18.2 Å². The Labute approximate surface area is 114 Å². The summed E-state index contributed by atoms with van der Waals surface area (Å²) >= 11 is 0. The minimum Gasteiger partial charge on any atom is -0.332 e. The fourth-order valence-corrected chi connectivity index (χ4v) is 2.07. The van der Waals surface area contributed by atoms with Crippen molar-refractivity contribution in [1.82, 2.24) is 4.57 Å². The summed E-state index contributed by atoms with van der Waals surface area (Å²) in [6.45, 7) is 7.66. The van der Waals surface area contributed by atoms with Crippen molar-refractivity contribution in [3.8, 4) is 11.1 Å². The molecule has 0 radical (unpaired) electrons. The van der Waals surface area contributed by atoms with Crippen molar-refractivity contribution < 1.29 is 0 Å². The molecule has 0 amide bonds. The van der Waals surface area contributed by atoms with Gasteiger partial charge in [-0.15, -0.1) is 5.10 Å². The fraction of sp³-hybridized carbons (Fsp3) is 0.250. The summed E-state index contributed by atoms with van der Waals surface area (Å²) in [4.78, 5) is 0. The third kappa shape index (κ3) is 2.65. The summed E-state index contributed by atoms with van der Waals surface area (Å²) in [7, 11) is 1.99. The van der Waals surface area contributed by atoms with E-state index in [0.717, 1.165) is 28.7 Å². The molecule has 0 aliphatic carbocycles. The molecular formula is C16H19N3. The first kappa shape index (κ1) is 13.3. The van der Waals surface area contributed by atoms with Crippen LogP contribution in [0.15, 0.2) is 46.6 Å². The molecular weight excluding hydrogens is 234 g/mol. The molecule has 0 fully saturated rings. The predicted octanol–water partition coefficient (Wildman–Crippen LogP) is 3.08. The minimum absolute atomic E-state index is 0.833. The molecule has 1 aromatic carbocycles. The van der Waals surface area contributed by atoms with E-state index in [-0.39, 0.29) is 0 Å². The van der Waals surface area contributed by atoms with Crippen LogP contribution in [0.3, 0.4) is 0 Å². The Bertz CT molecular complexity index is 649. The molecule has 0 bridgehead atoms. The Morgan fingerprint density at radius 2 is 1.79 bits per heavy atom. The van der Waals surface area contributed by atoms with Crippen LogP contribution in [-0.4, -0.2) is 11.3 Å². The lowest BCUT2D eigenvalue weighted by molar-refractivity contribution is 0.786. The van der Waals surface area contributed by atoms with E-state index in [1.807, 2.05) is 18.5 Å². The van der Waals surface area contributed by atoms with Crippen LogP contribution >= 0.6 is 0 Å². The molecule has 0 N–H and O–H groups in total. The molecule has 0 aliphatic heterocycles. The van der Waals surface area contributed by atoms with Crippen LogP contribution in [0.5, 0.6) is 0 Å². The van der Waals surface area contributed by atoms with Crippen LogP contribution in [0, 0.1) is 6.92 Å². The second kappa shape index (κ2) is 5.65. The van der Waals surface area contributed by atoms with E-state index in [0.29, 0.717) is 0 Å². The van der Waals surface area contributed by atoms with Crippen LogP contribution in [0.4, 0.5) is 0 Å². The topological polar surface area (TPSA) is 29.6 Å². The molecule has 98 valence electrons. The van der Waals surface area contributed by atoms with Crippen LogP contribution in [-0.2, 0) is 13.5 Å². The number of rotatable bonds is 3. The van der Waals surface area contributed by atoms with Crippen LogP contribution in [0.25, 0.3) is 11.1 Å². The summed E-state index contributed by atoms with van der Waals surface area (Å²) in [5, 5.41) is 7.84. The van der Waals surface area contributed by atoms with E-state index >= 15 is 0 Å². The van der Waals surface area contributed by atoms with Gasteiger partial charge in [-0.2, -0.15) is 5.10 Å². The molecule has 0 saturated heterocycles. The summed E-state index contributed by atoms with van der Waals surface area (Å²) in [5.74, 6) is 0. The number of nitrogens with zero attached hydrogens (tertiary/aromatic N) is 3. The highest BCUT2D eigenvalue weighted by molar-refractivity contribution is 5.62. The average molecular weight is 253 g/mol. The standard InChI is InChI=1S/C16H19N3/c1-5-13-7-9-14(10-8-13)15-11-6-12(2)19(4)16(15)18-17-3/h6-11H,3,5H2,1-2,4H3/b18-16-. The van der Waals surface area contributed by atoms with Crippen molar-refractivity contribution in [2.75, 3.05) is 0 Å². The lowest BCUT2D eigenvalue weighted by Crippen LogP contribution is -2.21. The number of pyridine rings is 1.